The summed E-state index contributed by atoms with van der Waals surface area (Å²) in [6.45, 7) is 5.73. The van der Waals surface area contributed by atoms with Crippen molar-refractivity contribution in [1.29, 1.82) is 0 Å². The third-order valence-corrected chi connectivity index (χ3v) is 3.14. The van der Waals surface area contributed by atoms with Crippen LogP contribution in [0.1, 0.15) is 27.0 Å². The smallest absolute Gasteiger partial charge is 0.255 e. The fourth-order valence-corrected chi connectivity index (χ4v) is 1.80. The fourth-order valence-electron chi connectivity index (χ4n) is 1.80. The summed E-state index contributed by atoms with van der Waals surface area (Å²) in [5.74, 6) is -0.719. The van der Waals surface area contributed by atoms with Crippen LogP contribution in [0, 0.1) is 26.6 Å². The Bertz CT molecular complexity index is 635. The van der Waals surface area contributed by atoms with Gasteiger partial charge in [0.1, 0.15) is 5.82 Å². The molecule has 0 aromatic heterocycles. The highest BCUT2D eigenvalue weighted by Gasteiger charge is 2.10. The average molecular weight is 257 g/mol. The van der Waals surface area contributed by atoms with Gasteiger partial charge in [-0.3, -0.25) is 4.79 Å². The number of nitrogens with one attached hydrogen (secondary N) is 1. The first-order valence-corrected chi connectivity index (χ1v) is 6.12. The van der Waals surface area contributed by atoms with Gasteiger partial charge in [-0.05, 0) is 61.7 Å². The molecule has 0 fully saturated rings. The number of anilines is 1. The Balaban J connectivity index is 2.23. The van der Waals surface area contributed by atoms with E-state index in [1.54, 1.807) is 31.2 Å². The van der Waals surface area contributed by atoms with E-state index in [0.717, 1.165) is 16.7 Å². The molecule has 2 aromatic carbocycles. The number of carbonyl (C=O) groups is 1. The van der Waals surface area contributed by atoms with E-state index in [9.17, 15) is 9.18 Å². The molecule has 98 valence electrons. The maximum Gasteiger partial charge on any atom is 0.255 e. The van der Waals surface area contributed by atoms with Gasteiger partial charge in [0.2, 0.25) is 0 Å². The molecule has 1 N–H and O–H groups in total. The lowest BCUT2D eigenvalue weighted by molar-refractivity contribution is 0.102. The second-order valence-corrected chi connectivity index (χ2v) is 4.74. The third-order valence-electron chi connectivity index (χ3n) is 3.14. The molecule has 0 aliphatic rings. The number of amides is 1. The maximum absolute atomic E-state index is 13.7. The van der Waals surface area contributed by atoms with Crippen molar-refractivity contribution in [1.82, 2.24) is 0 Å². The van der Waals surface area contributed by atoms with Crippen molar-refractivity contribution in [2.24, 2.45) is 0 Å². The summed E-state index contributed by atoms with van der Waals surface area (Å²) in [5, 5.41) is 2.59. The van der Waals surface area contributed by atoms with Gasteiger partial charge in [-0.2, -0.15) is 0 Å². The summed E-state index contributed by atoms with van der Waals surface area (Å²) in [6.07, 6.45) is 0. The molecule has 2 nitrogen and oxygen atoms in total. The maximum atomic E-state index is 13.7. The number of benzene rings is 2. The van der Waals surface area contributed by atoms with E-state index in [0.29, 0.717) is 5.56 Å². The van der Waals surface area contributed by atoms with Gasteiger partial charge in [-0.25, -0.2) is 4.39 Å². The summed E-state index contributed by atoms with van der Waals surface area (Å²) in [5.41, 5.74) is 3.72. The van der Waals surface area contributed by atoms with Crippen molar-refractivity contribution < 1.29 is 9.18 Å². The van der Waals surface area contributed by atoms with E-state index in [1.807, 2.05) is 19.9 Å². The van der Waals surface area contributed by atoms with Crippen LogP contribution in [0.25, 0.3) is 0 Å². The number of rotatable bonds is 2. The van der Waals surface area contributed by atoms with Gasteiger partial charge in [-0.1, -0.05) is 12.1 Å². The first kappa shape index (κ1) is 13.3. The summed E-state index contributed by atoms with van der Waals surface area (Å²) in [7, 11) is 0. The number of halogens is 1. The molecule has 0 spiro atoms. The zero-order chi connectivity index (χ0) is 14.0. The van der Waals surface area contributed by atoms with E-state index >= 15 is 0 Å². The SMILES string of the molecule is Cc1ccc(NC(=O)c2ccc(C)c(C)c2)c(F)c1. The van der Waals surface area contributed by atoms with Crippen molar-refractivity contribution >= 4 is 11.6 Å². The van der Waals surface area contributed by atoms with Crippen LogP contribution >= 0.6 is 0 Å². The van der Waals surface area contributed by atoms with E-state index in [4.69, 9.17) is 0 Å². The van der Waals surface area contributed by atoms with Gasteiger partial charge >= 0.3 is 0 Å². The number of aryl methyl sites for hydroxylation is 3. The molecule has 0 saturated carbocycles. The topological polar surface area (TPSA) is 29.1 Å². The van der Waals surface area contributed by atoms with Crippen LogP contribution in [-0.2, 0) is 0 Å². The van der Waals surface area contributed by atoms with Gasteiger partial charge in [0.05, 0.1) is 5.69 Å². The van der Waals surface area contributed by atoms with Crippen LogP contribution in [0.15, 0.2) is 36.4 Å². The highest BCUT2D eigenvalue weighted by atomic mass is 19.1. The molecule has 0 aliphatic heterocycles. The normalized spacial score (nSPS) is 10.3. The predicted octanol–water partition coefficient (Wildman–Crippen LogP) is 4.00. The number of hydrogen-bond acceptors (Lipinski definition) is 1. The highest BCUT2D eigenvalue weighted by molar-refractivity contribution is 6.04. The Labute approximate surface area is 112 Å². The van der Waals surface area contributed by atoms with Gasteiger partial charge in [0.25, 0.3) is 5.91 Å². The fraction of sp³-hybridized carbons (Fsp3) is 0.188. The quantitative estimate of drug-likeness (QED) is 0.865. The van der Waals surface area contributed by atoms with Gasteiger partial charge < -0.3 is 5.32 Å². The summed E-state index contributed by atoms with van der Waals surface area (Å²) in [6, 6.07) is 10.2. The Morgan fingerprint density at radius 1 is 1.00 bits per heavy atom. The zero-order valence-corrected chi connectivity index (χ0v) is 11.3. The van der Waals surface area contributed by atoms with E-state index in [1.165, 1.54) is 6.07 Å². The van der Waals surface area contributed by atoms with E-state index in [-0.39, 0.29) is 11.6 Å². The molecule has 0 unspecified atom stereocenters. The largest absolute Gasteiger partial charge is 0.319 e. The van der Waals surface area contributed by atoms with Crippen LogP contribution in [-0.4, -0.2) is 5.91 Å². The Hall–Kier alpha value is -2.16. The molecule has 2 aromatic rings. The van der Waals surface area contributed by atoms with E-state index < -0.39 is 5.82 Å². The summed E-state index contributed by atoms with van der Waals surface area (Å²) in [4.78, 5) is 12.0. The van der Waals surface area contributed by atoms with Crippen molar-refractivity contribution in [2.75, 3.05) is 5.32 Å². The van der Waals surface area contributed by atoms with Crippen LogP contribution in [0.4, 0.5) is 10.1 Å². The molecule has 2 rings (SSSR count). The molecule has 3 heteroatoms. The van der Waals surface area contributed by atoms with Crippen LogP contribution in [0.3, 0.4) is 0 Å². The number of carbonyl (C=O) groups excluding carboxylic acids is 1. The molecular weight excluding hydrogens is 241 g/mol. The standard InChI is InChI=1S/C16H16FNO/c1-10-4-7-15(14(17)8-10)18-16(19)13-6-5-11(2)12(3)9-13/h4-9H,1-3H3,(H,18,19). The molecule has 0 aliphatic carbocycles. The molecule has 19 heavy (non-hydrogen) atoms. The van der Waals surface area contributed by atoms with Crippen molar-refractivity contribution in [3.05, 3.63) is 64.5 Å². The minimum absolute atomic E-state index is 0.203. The first-order chi connectivity index (χ1) is 8.97. The zero-order valence-electron chi connectivity index (χ0n) is 11.3. The molecule has 0 saturated heterocycles. The second-order valence-electron chi connectivity index (χ2n) is 4.74. The number of hydrogen-bond donors (Lipinski definition) is 1. The first-order valence-electron chi connectivity index (χ1n) is 6.12. The minimum atomic E-state index is -0.419. The molecule has 0 bridgehead atoms. The van der Waals surface area contributed by atoms with E-state index in [2.05, 4.69) is 5.32 Å². The summed E-state index contributed by atoms with van der Waals surface area (Å²) < 4.78 is 13.7. The Kier molecular flexibility index (Phi) is 3.65. The predicted molar refractivity (Wildman–Crippen MR) is 75.0 cm³/mol. The Morgan fingerprint density at radius 2 is 1.74 bits per heavy atom. The monoisotopic (exact) mass is 257 g/mol. The van der Waals surface area contributed by atoms with Crippen molar-refractivity contribution in [3.63, 3.8) is 0 Å². The van der Waals surface area contributed by atoms with Crippen molar-refractivity contribution in [3.8, 4) is 0 Å². The Morgan fingerprint density at radius 3 is 2.37 bits per heavy atom. The molecule has 0 radical (unpaired) electrons. The lowest BCUT2D eigenvalue weighted by Crippen LogP contribution is -2.13. The van der Waals surface area contributed by atoms with Gasteiger partial charge in [0, 0.05) is 5.56 Å². The highest BCUT2D eigenvalue weighted by Crippen LogP contribution is 2.17. The molecular formula is C16H16FNO. The molecule has 0 heterocycles. The average Bonchev–Trinajstić information content (AvgIpc) is 2.36. The van der Waals surface area contributed by atoms with Crippen LogP contribution in [0.2, 0.25) is 0 Å². The summed E-state index contributed by atoms with van der Waals surface area (Å²) >= 11 is 0. The van der Waals surface area contributed by atoms with Crippen molar-refractivity contribution in [2.45, 2.75) is 20.8 Å². The third kappa shape index (κ3) is 2.99. The second kappa shape index (κ2) is 5.22. The lowest BCUT2D eigenvalue weighted by atomic mass is 10.1. The van der Waals surface area contributed by atoms with Gasteiger partial charge in [0.15, 0.2) is 0 Å². The molecule has 1 amide bonds. The van der Waals surface area contributed by atoms with Crippen LogP contribution in [0.5, 0.6) is 0 Å². The lowest BCUT2D eigenvalue weighted by Gasteiger charge is -2.08. The molecule has 0 atom stereocenters. The van der Waals surface area contributed by atoms with Crippen LogP contribution < -0.4 is 5.32 Å². The minimum Gasteiger partial charge on any atom is -0.319 e. The van der Waals surface area contributed by atoms with Gasteiger partial charge in [-0.15, -0.1) is 0 Å².